The van der Waals surface area contributed by atoms with E-state index in [2.05, 4.69) is 17.6 Å². The van der Waals surface area contributed by atoms with Crippen LogP contribution in [0.4, 0.5) is 0 Å². The summed E-state index contributed by atoms with van der Waals surface area (Å²) in [6.45, 7) is 4.97. The zero-order valence-electron chi connectivity index (χ0n) is 13.4. The fourth-order valence-corrected chi connectivity index (χ4v) is 4.82. The molecule has 0 aromatic carbocycles. The predicted molar refractivity (Wildman–Crippen MR) is 85.9 cm³/mol. The first-order valence-electron chi connectivity index (χ1n) is 9.29. The van der Waals surface area contributed by atoms with Crippen molar-refractivity contribution in [1.82, 2.24) is 10.6 Å². The normalized spacial score (nSPS) is 42.8. The van der Waals surface area contributed by atoms with Crippen molar-refractivity contribution in [2.45, 2.75) is 83.2 Å². The third-order valence-corrected chi connectivity index (χ3v) is 6.24. The summed E-state index contributed by atoms with van der Waals surface area (Å²) in [6, 6.07) is 1.63. The molecule has 1 aliphatic heterocycles. The van der Waals surface area contributed by atoms with Gasteiger partial charge >= 0.3 is 0 Å². The summed E-state index contributed by atoms with van der Waals surface area (Å²) in [4.78, 5) is 0. The molecule has 2 nitrogen and oxygen atoms in total. The SMILES string of the molecule is CC1CCC(CNC2CCCC2C2CCCCN2)CC1. The second kappa shape index (κ2) is 7.26. The Labute approximate surface area is 125 Å². The van der Waals surface area contributed by atoms with E-state index < -0.39 is 0 Å². The van der Waals surface area contributed by atoms with E-state index in [1.165, 1.54) is 77.3 Å². The van der Waals surface area contributed by atoms with E-state index in [-0.39, 0.29) is 0 Å². The molecular formula is C18H34N2. The number of rotatable bonds is 4. The molecule has 2 N–H and O–H groups in total. The zero-order chi connectivity index (χ0) is 13.8. The summed E-state index contributed by atoms with van der Waals surface area (Å²) in [7, 11) is 0. The van der Waals surface area contributed by atoms with Crippen molar-refractivity contribution in [3.63, 3.8) is 0 Å². The molecule has 3 unspecified atom stereocenters. The number of hydrogen-bond donors (Lipinski definition) is 2. The van der Waals surface area contributed by atoms with Gasteiger partial charge in [0.05, 0.1) is 0 Å². The second-order valence-electron chi connectivity index (χ2n) is 7.79. The molecule has 20 heavy (non-hydrogen) atoms. The Balaban J connectivity index is 1.44. The maximum Gasteiger partial charge on any atom is 0.0110 e. The highest BCUT2D eigenvalue weighted by Gasteiger charge is 2.34. The molecule has 0 amide bonds. The molecule has 1 saturated heterocycles. The average Bonchev–Trinajstić information content (AvgIpc) is 2.96. The van der Waals surface area contributed by atoms with Gasteiger partial charge in [0.25, 0.3) is 0 Å². The number of hydrogen-bond acceptors (Lipinski definition) is 2. The van der Waals surface area contributed by atoms with Crippen LogP contribution in [0.5, 0.6) is 0 Å². The van der Waals surface area contributed by atoms with E-state index in [1.54, 1.807) is 0 Å². The van der Waals surface area contributed by atoms with E-state index in [9.17, 15) is 0 Å². The highest BCUT2D eigenvalue weighted by atomic mass is 15.0. The lowest BCUT2D eigenvalue weighted by atomic mass is 9.82. The van der Waals surface area contributed by atoms with Gasteiger partial charge in [-0.15, -0.1) is 0 Å². The van der Waals surface area contributed by atoms with Gasteiger partial charge in [-0.05, 0) is 69.4 Å². The van der Waals surface area contributed by atoms with E-state index in [4.69, 9.17) is 0 Å². The van der Waals surface area contributed by atoms with Crippen LogP contribution in [0.1, 0.15) is 71.1 Å². The molecule has 116 valence electrons. The summed E-state index contributed by atoms with van der Waals surface area (Å²) < 4.78 is 0. The average molecular weight is 278 g/mol. The number of piperidine rings is 1. The van der Waals surface area contributed by atoms with Crippen LogP contribution in [0.3, 0.4) is 0 Å². The molecule has 3 rings (SSSR count). The molecule has 0 aromatic heterocycles. The lowest BCUT2D eigenvalue weighted by molar-refractivity contribution is 0.232. The van der Waals surface area contributed by atoms with Gasteiger partial charge in [0.15, 0.2) is 0 Å². The Morgan fingerprint density at radius 1 is 0.900 bits per heavy atom. The quantitative estimate of drug-likeness (QED) is 0.819. The molecule has 2 heteroatoms. The maximum atomic E-state index is 3.97. The van der Waals surface area contributed by atoms with Gasteiger partial charge in [0, 0.05) is 12.1 Å². The van der Waals surface area contributed by atoms with E-state index in [0.717, 1.165) is 29.8 Å². The Kier molecular flexibility index (Phi) is 5.39. The third kappa shape index (κ3) is 3.76. The summed E-state index contributed by atoms with van der Waals surface area (Å²) >= 11 is 0. The van der Waals surface area contributed by atoms with Gasteiger partial charge in [-0.1, -0.05) is 32.6 Å². The van der Waals surface area contributed by atoms with Crippen molar-refractivity contribution >= 4 is 0 Å². The van der Waals surface area contributed by atoms with Crippen molar-refractivity contribution in [3.8, 4) is 0 Å². The first-order chi connectivity index (χ1) is 9.83. The monoisotopic (exact) mass is 278 g/mol. The Hall–Kier alpha value is -0.0800. The molecule has 2 aliphatic carbocycles. The zero-order valence-corrected chi connectivity index (χ0v) is 13.4. The Morgan fingerprint density at radius 3 is 2.50 bits per heavy atom. The van der Waals surface area contributed by atoms with Crippen molar-refractivity contribution in [3.05, 3.63) is 0 Å². The van der Waals surface area contributed by atoms with Crippen LogP contribution in [0.25, 0.3) is 0 Å². The maximum absolute atomic E-state index is 3.97. The summed E-state index contributed by atoms with van der Waals surface area (Å²) in [5.41, 5.74) is 0. The summed E-state index contributed by atoms with van der Waals surface area (Å²) in [5.74, 6) is 2.86. The van der Waals surface area contributed by atoms with Gasteiger partial charge in [0.2, 0.25) is 0 Å². The Morgan fingerprint density at radius 2 is 1.75 bits per heavy atom. The van der Waals surface area contributed by atoms with Crippen LogP contribution in [0, 0.1) is 17.8 Å². The molecule has 1 heterocycles. The van der Waals surface area contributed by atoms with Gasteiger partial charge < -0.3 is 10.6 Å². The summed E-state index contributed by atoms with van der Waals surface area (Å²) in [5, 5.41) is 7.77. The van der Waals surface area contributed by atoms with Crippen molar-refractivity contribution in [2.24, 2.45) is 17.8 Å². The topological polar surface area (TPSA) is 24.1 Å². The molecule has 0 aromatic rings. The van der Waals surface area contributed by atoms with Gasteiger partial charge in [0.1, 0.15) is 0 Å². The molecule has 3 atom stereocenters. The van der Waals surface area contributed by atoms with Gasteiger partial charge in [-0.25, -0.2) is 0 Å². The Bertz CT molecular complexity index is 277. The van der Waals surface area contributed by atoms with E-state index in [1.807, 2.05) is 0 Å². The van der Waals surface area contributed by atoms with Gasteiger partial charge in [-0.2, -0.15) is 0 Å². The summed E-state index contributed by atoms with van der Waals surface area (Å²) in [6.07, 6.45) is 14.4. The van der Waals surface area contributed by atoms with Crippen LogP contribution in [-0.4, -0.2) is 25.2 Å². The van der Waals surface area contributed by atoms with Crippen LogP contribution < -0.4 is 10.6 Å². The predicted octanol–water partition coefficient (Wildman–Crippen LogP) is 3.71. The first-order valence-corrected chi connectivity index (χ1v) is 9.29. The molecule has 0 spiro atoms. The van der Waals surface area contributed by atoms with Crippen molar-refractivity contribution in [1.29, 1.82) is 0 Å². The van der Waals surface area contributed by atoms with E-state index in [0.29, 0.717) is 0 Å². The second-order valence-corrected chi connectivity index (χ2v) is 7.79. The van der Waals surface area contributed by atoms with Gasteiger partial charge in [-0.3, -0.25) is 0 Å². The van der Waals surface area contributed by atoms with Crippen LogP contribution >= 0.6 is 0 Å². The lowest BCUT2D eigenvalue weighted by Crippen LogP contribution is -2.47. The van der Waals surface area contributed by atoms with E-state index >= 15 is 0 Å². The van der Waals surface area contributed by atoms with Crippen molar-refractivity contribution in [2.75, 3.05) is 13.1 Å². The molecular weight excluding hydrogens is 244 g/mol. The van der Waals surface area contributed by atoms with Crippen LogP contribution in [0.15, 0.2) is 0 Å². The van der Waals surface area contributed by atoms with Crippen LogP contribution in [-0.2, 0) is 0 Å². The highest BCUT2D eigenvalue weighted by molar-refractivity contribution is 4.92. The molecule has 0 bridgehead atoms. The molecule has 3 aliphatic rings. The minimum atomic E-state index is 0.810. The fraction of sp³-hybridized carbons (Fsp3) is 1.00. The minimum Gasteiger partial charge on any atom is -0.314 e. The molecule has 0 radical (unpaired) electrons. The third-order valence-electron chi connectivity index (χ3n) is 6.24. The standard InChI is InChI=1S/C18H34N2/c1-14-8-10-15(11-9-14)13-20-18-7-4-5-16(18)17-6-2-3-12-19-17/h14-20H,2-13H2,1H3. The molecule has 2 saturated carbocycles. The smallest absolute Gasteiger partial charge is 0.0110 e. The van der Waals surface area contributed by atoms with Crippen molar-refractivity contribution < 1.29 is 0 Å². The minimum absolute atomic E-state index is 0.810. The largest absolute Gasteiger partial charge is 0.314 e. The fourth-order valence-electron chi connectivity index (χ4n) is 4.82. The molecule has 3 fully saturated rings. The first kappa shape index (κ1) is 14.8. The highest BCUT2D eigenvalue weighted by Crippen LogP contribution is 2.33. The lowest BCUT2D eigenvalue weighted by Gasteiger charge is -2.34. The number of nitrogens with one attached hydrogen (secondary N) is 2. The van der Waals surface area contributed by atoms with Crippen LogP contribution in [0.2, 0.25) is 0 Å².